The molecule has 9 heteroatoms. The summed E-state index contributed by atoms with van der Waals surface area (Å²) in [5.74, 6) is 0.660. The van der Waals surface area contributed by atoms with Gasteiger partial charge in [0.15, 0.2) is 0 Å². The molecule has 27 heavy (non-hydrogen) atoms. The highest BCUT2D eigenvalue weighted by Crippen LogP contribution is 2.33. The molecule has 1 saturated heterocycles. The van der Waals surface area contributed by atoms with Crippen LogP contribution in [0.5, 0.6) is 0 Å². The van der Waals surface area contributed by atoms with Gasteiger partial charge in [0.05, 0.1) is 4.92 Å². The second-order valence-electron chi connectivity index (χ2n) is 6.41. The van der Waals surface area contributed by atoms with E-state index in [1.54, 1.807) is 36.7 Å². The number of anilines is 1. The number of hydrogen-bond acceptors (Lipinski definition) is 8. The standard InChI is InChI=1S/C18H18N6O3/c1-22-8-10-23(11-9-22)15-3-2-14(12-16(15)24(25)26)18-20-17(21-27-18)13-4-6-19-7-5-13/h2-7,12H,8-11H2,1H3. The lowest BCUT2D eigenvalue weighted by molar-refractivity contribution is -0.384. The molecule has 3 heterocycles. The van der Waals surface area contributed by atoms with E-state index < -0.39 is 0 Å². The molecule has 0 saturated carbocycles. The van der Waals surface area contributed by atoms with E-state index in [-0.39, 0.29) is 16.5 Å². The molecule has 2 aromatic heterocycles. The zero-order valence-corrected chi connectivity index (χ0v) is 14.8. The van der Waals surface area contributed by atoms with Gasteiger partial charge in [-0.15, -0.1) is 0 Å². The predicted octanol–water partition coefficient (Wildman–Crippen LogP) is 2.46. The Morgan fingerprint density at radius 2 is 1.81 bits per heavy atom. The summed E-state index contributed by atoms with van der Waals surface area (Å²) >= 11 is 0. The highest BCUT2D eigenvalue weighted by Gasteiger charge is 2.24. The van der Waals surface area contributed by atoms with Gasteiger partial charge in [0.25, 0.3) is 11.6 Å². The number of likely N-dealkylation sites (N-methyl/N-ethyl adjacent to an activating group) is 1. The first-order valence-corrected chi connectivity index (χ1v) is 8.58. The maximum atomic E-state index is 11.6. The lowest BCUT2D eigenvalue weighted by Crippen LogP contribution is -2.44. The summed E-state index contributed by atoms with van der Waals surface area (Å²) in [6, 6.07) is 8.58. The minimum Gasteiger partial charge on any atom is -0.363 e. The molecule has 0 aliphatic carbocycles. The third-order valence-electron chi connectivity index (χ3n) is 4.63. The van der Waals surface area contributed by atoms with Gasteiger partial charge in [0.1, 0.15) is 5.69 Å². The van der Waals surface area contributed by atoms with Crippen molar-refractivity contribution in [2.45, 2.75) is 0 Å². The topological polar surface area (TPSA) is 101 Å². The van der Waals surface area contributed by atoms with Crippen molar-refractivity contribution in [2.24, 2.45) is 0 Å². The Morgan fingerprint density at radius 3 is 2.52 bits per heavy atom. The van der Waals surface area contributed by atoms with Crippen LogP contribution in [-0.2, 0) is 0 Å². The van der Waals surface area contributed by atoms with Gasteiger partial charge < -0.3 is 14.3 Å². The number of pyridine rings is 1. The van der Waals surface area contributed by atoms with Crippen molar-refractivity contribution in [2.75, 3.05) is 38.1 Å². The van der Waals surface area contributed by atoms with E-state index in [1.807, 2.05) is 11.9 Å². The molecule has 1 aliphatic rings. The number of piperazine rings is 1. The fourth-order valence-electron chi connectivity index (χ4n) is 3.08. The number of nitrogens with zero attached hydrogens (tertiary/aromatic N) is 6. The molecule has 0 N–H and O–H groups in total. The summed E-state index contributed by atoms with van der Waals surface area (Å²) < 4.78 is 5.31. The van der Waals surface area contributed by atoms with Crippen molar-refractivity contribution in [3.63, 3.8) is 0 Å². The van der Waals surface area contributed by atoms with Crippen LogP contribution in [0.1, 0.15) is 0 Å². The Bertz CT molecular complexity index is 951. The van der Waals surface area contributed by atoms with Crippen LogP contribution in [0, 0.1) is 10.1 Å². The van der Waals surface area contributed by atoms with Crippen molar-refractivity contribution < 1.29 is 9.45 Å². The molecule has 1 aliphatic heterocycles. The second kappa shape index (κ2) is 7.12. The Labute approximate surface area is 155 Å². The minimum absolute atomic E-state index is 0.0423. The maximum Gasteiger partial charge on any atom is 0.293 e. The zero-order chi connectivity index (χ0) is 18.8. The van der Waals surface area contributed by atoms with Crippen LogP contribution >= 0.6 is 0 Å². The molecular weight excluding hydrogens is 348 g/mol. The van der Waals surface area contributed by atoms with Gasteiger partial charge in [-0.05, 0) is 31.3 Å². The third kappa shape index (κ3) is 3.49. The van der Waals surface area contributed by atoms with Crippen LogP contribution in [0.15, 0.2) is 47.2 Å². The highest BCUT2D eigenvalue weighted by atomic mass is 16.6. The van der Waals surface area contributed by atoms with Gasteiger partial charge in [-0.25, -0.2) is 0 Å². The number of rotatable bonds is 4. The van der Waals surface area contributed by atoms with Crippen molar-refractivity contribution in [3.05, 3.63) is 52.8 Å². The number of nitro benzene ring substituents is 1. The first kappa shape index (κ1) is 17.1. The minimum atomic E-state index is -0.364. The van der Waals surface area contributed by atoms with Crippen LogP contribution in [0.2, 0.25) is 0 Å². The number of hydrogen-bond donors (Lipinski definition) is 0. The summed E-state index contributed by atoms with van der Waals surface area (Å²) in [5, 5.41) is 15.6. The molecule has 0 unspecified atom stereocenters. The summed E-state index contributed by atoms with van der Waals surface area (Å²) in [5.41, 5.74) is 1.95. The van der Waals surface area contributed by atoms with Gasteiger partial charge in [0.2, 0.25) is 5.82 Å². The highest BCUT2D eigenvalue weighted by molar-refractivity contribution is 5.71. The van der Waals surface area contributed by atoms with Crippen LogP contribution < -0.4 is 4.90 Å². The van der Waals surface area contributed by atoms with Crippen molar-refractivity contribution in [3.8, 4) is 22.8 Å². The van der Waals surface area contributed by atoms with Crippen LogP contribution in [0.25, 0.3) is 22.8 Å². The monoisotopic (exact) mass is 366 g/mol. The van der Waals surface area contributed by atoms with E-state index in [2.05, 4.69) is 20.0 Å². The molecule has 3 aromatic rings. The smallest absolute Gasteiger partial charge is 0.293 e. The van der Waals surface area contributed by atoms with Crippen LogP contribution in [0.4, 0.5) is 11.4 Å². The molecule has 138 valence electrons. The summed E-state index contributed by atoms with van der Waals surface area (Å²) in [7, 11) is 2.05. The molecular formula is C18H18N6O3. The number of aromatic nitrogens is 3. The quantitative estimate of drug-likeness (QED) is 0.513. The average molecular weight is 366 g/mol. The van der Waals surface area contributed by atoms with E-state index in [4.69, 9.17) is 4.52 Å². The SMILES string of the molecule is CN1CCN(c2ccc(-c3nc(-c4ccncc4)no3)cc2[N+](=O)[O-])CC1. The molecule has 9 nitrogen and oxygen atoms in total. The van der Waals surface area contributed by atoms with Crippen molar-refractivity contribution in [1.29, 1.82) is 0 Å². The molecule has 0 bridgehead atoms. The molecule has 0 atom stereocenters. The Kier molecular flexibility index (Phi) is 4.51. The second-order valence-corrected chi connectivity index (χ2v) is 6.41. The van der Waals surface area contributed by atoms with Crippen molar-refractivity contribution >= 4 is 11.4 Å². The Morgan fingerprint density at radius 1 is 1.07 bits per heavy atom. The van der Waals surface area contributed by atoms with Crippen LogP contribution in [-0.4, -0.2) is 58.2 Å². The Balaban J connectivity index is 1.66. The largest absolute Gasteiger partial charge is 0.363 e. The number of benzene rings is 1. The van der Waals surface area contributed by atoms with Crippen LogP contribution in [0.3, 0.4) is 0 Å². The normalized spacial score (nSPS) is 15.1. The van der Waals surface area contributed by atoms with E-state index in [9.17, 15) is 10.1 Å². The third-order valence-corrected chi connectivity index (χ3v) is 4.63. The van der Waals surface area contributed by atoms with Gasteiger partial charge in [-0.2, -0.15) is 4.98 Å². The molecule has 1 aromatic carbocycles. The fraction of sp³-hybridized carbons (Fsp3) is 0.278. The molecule has 0 spiro atoms. The lowest BCUT2D eigenvalue weighted by Gasteiger charge is -2.33. The average Bonchev–Trinajstić information content (AvgIpc) is 3.19. The Hall–Kier alpha value is -3.33. The first-order chi connectivity index (χ1) is 13.1. The predicted molar refractivity (Wildman–Crippen MR) is 99.3 cm³/mol. The number of nitro groups is 1. The van der Waals surface area contributed by atoms with Gasteiger partial charge in [-0.1, -0.05) is 5.16 Å². The van der Waals surface area contributed by atoms with E-state index >= 15 is 0 Å². The molecule has 0 amide bonds. The van der Waals surface area contributed by atoms with E-state index in [0.29, 0.717) is 17.1 Å². The molecule has 1 fully saturated rings. The zero-order valence-electron chi connectivity index (χ0n) is 14.8. The first-order valence-electron chi connectivity index (χ1n) is 8.58. The molecule has 0 radical (unpaired) electrons. The van der Waals surface area contributed by atoms with E-state index in [1.165, 1.54) is 6.07 Å². The molecule has 4 rings (SSSR count). The van der Waals surface area contributed by atoms with Gasteiger partial charge in [0, 0.05) is 55.8 Å². The maximum absolute atomic E-state index is 11.6. The van der Waals surface area contributed by atoms with Gasteiger partial charge in [-0.3, -0.25) is 15.1 Å². The van der Waals surface area contributed by atoms with Gasteiger partial charge >= 0.3 is 0 Å². The van der Waals surface area contributed by atoms with Crippen molar-refractivity contribution in [1.82, 2.24) is 20.0 Å². The summed E-state index contributed by atoms with van der Waals surface area (Å²) in [6.45, 7) is 3.25. The lowest BCUT2D eigenvalue weighted by atomic mass is 10.1. The summed E-state index contributed by atoms with van der Waals surface area (Å²) in [4.78, 5) is 23.8. The van der Waals surface area contributed by atoms with E-state index in [0.717, 1.165) is 31.7 Å². The fourth-order valence-corrected chi connectivity index (χ4v) is 3.08. The summed E-state index contributed by atoms with van der Waals surface area (Å²) in [6.07, 6.45) is 3.28.